The monoisotopic (exact) mass is 451 g/mol. The van der Waals surface area contributed by atoms with Gasteiger partial charge in [-0.1, -0.05) is 31.2 Å². The van der Waals surface area contributed by atoms with E-state index in [1.165, 1.54) is 44.9 Å². The van der Waals surface area contributed by atoms with Crippen LogP contribution in [0.1, 0.15) is 84.5 Å². The highest BCUT2D eigenvalue weighted by molar-refractivity contribution is 5.81. The van der Waals surface area contributed by atoms with Crippen molar-refractivity contribution in [3.63, 3.8) is 0 Å². The molecule has 5 aliphatic carbocycles. The smallest absolute Gasteiger partial charge is 0.226 e. The highest BCUT2D eigenvalue weighted by Crippen LogP contribution is 2.64. The van der Waals surface area contributed by atoms with Gasteiger partial charge in [-0.3, -0.25) is 4.79 Å². The summed E-state index contributed by atoms with van der Waals surface area (Å²) in [5, 5.41) is 10.7. The molecule has 5 fully saturated rings. The Kier molecular flexibility index (Phi) is 5.59. The number of rotatable bonds is 3. The second-order valence-corrected chi connectivity index (χ2v) is 13.4. The molecule has 0 bridgehead atoms. The van der Waals surface area contributed by atoms with E-state index in [1.807, 2.05) is 0 Å². The van der Waals surface area contributed by atoms with E-state index in [-0.39, 0.29) is 5.92 Å². The van der Waals surface area contributed by atoms with E-state index >= 15 is 0 Å². The molecule has 0 aromatic carbocycles. The van der Waals surface area contributed by atoms with Gasteiger partial charge in [-0.25, -0.2) is 0 Å². The molecule has 1 aliphatic heterocycles. The molecule has 3 heteroatoms. The molecule has 1 heterocycles. The van der Waals surface area contributed by atoms with E-state index in [0.29, 0.717) is 23.2 Å². The van der Waals surface area contributed by atoms with Gasteiger partial charge in [0, 0.05) is 19.0 Å². The lowest BCUT2D eigenvalue weighted by molar-refractivity contribution is -0.133. The first-order valence-corrected chi connectivity index (χ1v) is 14.2. The third-order valence-corrected chi connectivity index (χ3v) is 11.7. The maximum absolute atomic E-state index is 13.3. The number of hydrogen-bond donors (Lipinski definition) is 1. The van der Waals surface area contributed by atoms with Crippen LogP contribution in [0.3, 0.4) is 0 Å². The lowest BCUT2D eigenvalue weighted by Crippen LogP contribution is -2.51. The maximum Gasteiger partial charge on any atom is 0.226 e. The van der Waals surface area contributed by atoms with E-state index in [9.17, 15) is 9.90 Å². The summed E-state index contributed by atoms with van der Waals surface area (Å²) in [6, 6.07) is 0. The molecular weight excluding hydrogens is 406 g/mol. The molecule has 0 aromatic heterocycles. The molecule has 0 aromatic rings. The molecule has 0 radical (unpaired) electrons. The third-order valence-electron chi connectivity index (χ3n) is 11.7. The molecule has 1 amide bonds. The molecule has 4 saturated carbocycles. The topological polar surface area (TPSA) is 40.5 Å². The Balaban J connectivity index is 1.12. The van der Waals surface area contributed by atoms with Crippen LogP contribution in [0.25, 0.3) is 0 Å². The zero-order valence-electron chi connectivity index (χ0n) is 20.9. The predicted molar refractivity (Wildman–Crippen MR) is 132 cm³/mol. The summed E-state index contributed by atoms with van der Waals surface area (Å²) in [5.74, 6) is 6.06. The molecule has 182 valence electrons. The number of amides is 1. The molecule has 10 atom stereocenters. The van der Waals surface area contributed by atoms with E-state index in [2.05, 4.69) is 43.1 Å². The van der Waals surface area contributed by atoms with E-state index in [0.717, 1.165) is 68.4 Å². The Hall–Kier alpha value is -1.09. The van der Waals surface area contributed by atoms with Crippen LogP contribution in [0.5, 0.6) is 0 Å². The van der Waals surface area contributed by atoms with Gasteiger partial charge in [0.1, 0.15) is 0 Å². The Morgan fingerprint density at radius 2 is 1.82 bits per heavy atom. The van der Waals surface area contributed by atoms with Crippen LogP contribution in [0.4, 0.5) is 0 Å². The molecule has 33 heavy (non-hydrogen) atoms. The van der Waals surface area contributed by atoms with Crippen molar-refractivity contribution < 1.29 is 9.90 Å². The number of aliphatic hydroxyl groups is 1. The van der Waals surface area contributed by atoms with Crippen LogP contribution in [0, 0.1) is 52.8 Å². The number of fused-ring (bicyclic) bond motifs is 5. The van der Waals surface area contributed by atoms with E-state index in [1.54, 1.807) is 0 Å². The fourth-order valence-corrected chi connectivity index (χ4v) is 10.00. The van der Waals surface area contributed by atoms with Crippen molar-refractivity contribution >= 4 is 5.91 Å². The fraction of sp³-hybridized carbons (Fsp3) is 0.833. The van der Waals surface area contributed by atoms with Crippen molar-refractivity contribution in [2.75, 3.05) is 13.1 Å². The van der Waals surface area contributed by atoms with Gasteiger partial charge < -0.3 is 10.0 Å². The van der Waals surface area contributed by atoms with Crippen molar-refractivity contribution in [1.82, 2.24) is 4.90 Å². The number of carbonyl (C=O) groups is 1. The molecule has 3 nitrogen and oxygen atoms in total. The Bertz CT molecular complexity index is 829. The lowest BCUT2D eigenvalue weighted by Gasteiger charge is -2.57. The maximum atomic E-state index is 13.3. The van der Waals surface area contributed by atoms with Crippen LogP contribution < -0.4 is 0 Å². The van der Waals surface area contributed by atoms with E-state index < -0.39 is 5.60 Å². The Labute approximate surface area is 201 Å². The van der Waals surface area contributed by atoms with Gasteiger partial charge in [-0.2, -0.15) is 0 Å². The van der Waals surface area contributed by atoms with Gasteiger partial charge in [-0.05, 0) is 124 Å². The van der Waals surface area contributed by atoms with Crippen molar-refractivity contribution in [1.29, 1.82) is 0 Å². The highest BCUT2D eigenvalue weighted by atomic mass is 16.3. The fourth-order valence-electron chi connectivity index (χ4n) is 10.00. The normalized spacial score (nSPS) is 51.4. The summed E-state index contributed by atoms with van der Waals surface area (Å²) < 4.78 is 0. The number of nitrogens with zero attached hydrogens (tertiary/aromatic N) is 1. The summed E-state index contributed by atoms with van der Waals surface area (Å²) in [5.41, 5.74) is 0.0134. The number of likely N-dealkylation sites (tertiary alicyclic amines) is 1. The lowest BCUT2D eigenvalue weighted by atomic mass is 9.49. The first-order chi connectivity index (χ1) is 15.9. The van der Waals surface area contributed by atoms with Crippen LogP contribution in [0.15, 0.2) is 24.3 Å². The second-order valence-electron chi connectivity index (χ2n) is 13.4. The van der Waals surface area contributed by atoms with Gasteiger partial charge in [0.05, 0.1) is 5.60 Å². The number of allylic oxidation sites excluding steroid dienone is 4. The zero-order valence-corrected chi connectivity index (χ0v) is 20.9. The van der Waals surface area contributed by atoms with Crippen LogP contribution >= 0.6 is 0 Å². The summed E-state index contributed by atoms with van der Waals surface area (Å²) in [6.45, 7) is 6.67. The molecule has 6 aliphatic rings. The highest BCUT2D eigenvalue weighted by Gasteiger charge is 2.58. The minimum atomic E-state index is -0.417. The minimum Gasteiger partial charge on any atom is -0.390 e. The number of carbonyl (C=O) groups excluding carboxylic acids is 1. The SMILES string of the molecule is C[C@@]1(O)CC[C@H]2[C@H](CC[C@@H]3[C@@H]2CC[C@]2(C)[C@@H](CN4CC[C@H](C5C=CC=CC5)C4=O)CC[C@@H]32)C1. The molecule has 0 spiro atoms. The summed E-state index contributed by atoms with van der Waals surface area (Å²) in [4.78, 5) is 15.6. The van der Waals surface area contributed by atoms with Crippen molar-refractivity contribution in [3.8, 4) is 0 Å². The average Bonchev–Trinajstić information content (AvgIpc) is 3.33. The standard InChI is InChI=1S/C30H45NO2/c1-29(33)15-12-23-21(18-29)8-10-26-25(23)13-16-30(2)22(9-11-27(26)30)19-31-17-14-24(28(31)32)20-6-4-3-5-7-20/h3-6,20-27,33H,7-19H2,1-2H3/t20?,21-,22-,23+,24-,25-,26-,27+,29-,30-/m1/s1. The first kappa shape index (κ1) is 22.4. The molecule has 1 N–H and O–H groups in total. The van der Waals surface area contributed by atoms with Gasteiger partial charge in [-0.15, -0.1) is 0 Å². The van der Waals surface area contributed by atoms with Crippen molar-refractivity contribution in [2.24, 2.45) is 52.8 Å². The van der Waals surface area contributed by atoms with Crippen LogP contribution in [0.2, 0.25) is 0 Å². The molecule has 1 saturated heterocycles. The van der Waals surface area contributed by atoms with Crippen molar-refractivity contribution in [2.45, 2.75) is 90.1 Å². The van der Waals surface area contributed by atoms with Gasteiger partial charge in [0.25, 0.3) is 0 Å². The number of hydrogen-bond acceptors (Lipinski definition) is 2. The second kappa shape index (κ2) is 8.25. The molecular formula is C30H45NO2. The van der Waals surface area contributed by atoms with Crippen LogP contribution in [-0.2, 0) is 4.79 Å². The summed E-state index contributed by atoms with van der Waals surface area (Å²) in [7, 11) is 0. The van der Waals surface area contributed by atoms with E-state index in [4.69, 9.17) is 0 Å². The third kappa shape index (κ3) is 3.76. The molecule has 6 rings (SSSR count). The first-order valence-electron chi connectivity index (χ1n) is 14.2. The van der Waals surface area contributed by atoms with Crippen molar-refractivity contribution in [3.05, 3.63) is 24.3 Å². The molecule has 1 unspecified atom stereocenters. The quantitative estimate of drug-likeness (QED) is 0.573. The van der Waals surface area contributed by atoms with Gasteiger partial charge >= 0.3 is 0 Å². The Morgan fingerprint density at radius 3 is 2.64 bits per heavy atom. The minimum absolute atomic E-state index is 0.214. The van der Waals surface area contributed by atoms with Gasteiger partial charge in [0.2, 0.25) is 5.91 Å². The summed E-state index contributed by atoms with van der Waals surface area (Å²) >= 11 is 0. The van der Waals surface area contributed by atoms with Gasteiger partial charge in [0.15, 0.2) is 0 Å². The largest absolute Gasteiger partial charge is 0.390 e. The van der Waals surface area contributed by atoms with Crippen LogP contribution in [-0.4, -0.2) is 34.6 Å². The Morgan fingerprint density at radius 1 is 0.970 bits per heavy atom. The zero-order chi connectivity index (χ0) is 22.8. The predicted octanol–water partition coefficient (Wildman–Crippen LogP) is 5.99. The average molecular weight is 452 g/mol. The summed E-state index contributed by atoms with van der Waals surface area (Å²) in [6.07, 6.45) is 22.3.